The Labute approximate surface area is 65.1 Å². The van der Waals surface area contributed by atoms with E-state index >= 15 is 0 Å². The van der Waals surface area contributed by atoms with Gasteiger partial charge in [-0.1, -0.05) is 0 Å². The van der Waals surface area contributed by atoms with Crippen molar-refractivity contribution >= 4 is 22.7 Å². The van der Waals surface area contributed by atoms with Crippen molar-refractivity contribution in [3.8, 4) is 5.06 Å². The first-order chi connectivity index (χ1) is 4.68. The Morgan fingerprint density at radius 3 is 2.90 bits per heavy atom. The van der Waals surface area contributed by atoms with E-state index in [1.807, 2.05) is 12.3 Å². The molecule has 1 atom stereocenters. The molecule has 1 aromatic heterocycles. The van der Waals surface area contributed by atoms with Crippen molar-refractivity contribution in [1.29, 1.82) is 0 Å². The maximum atomic E-state index is 9.96. The van der Waals surface area contributed by atoms with Gasteiger partial charge in [0.2, 0.25) is 0 Å². The fourth-order valence-electron chi connectivity index (χ4n) is 0.516. The highest BCUT2D eigenvalue weighted by molar-refractivity contribution is 7.74. The van der Waals surface area contributed by atoms with Crippen molar-refractivity contribution < 1.29 is 12.9 Å². The van der Waals surface area contributed by atoms with Crippen LogP contribution in [0.4, 0.5) is 0 Å². The number of aryl methyl sites for hydroxylation is 1. The average molecular weight is 177 g/mol. The fourth-order valence-corrected chi connectivity index (χ4v) is 1.65. The molecule has 10 heavy (non-hydrogen) atoms. The van der Waals surface area contributed by atoms with E-state index in [2.05, 4.69) is 4.18 Å². The van der Waals surface area contributed by atoms with Gasteiger partial charge in [0.05, 0.1) is 0 Å². The molecule has 0 radical (unpaired) electrons. The van der Waals surface area contributed by atoms with E-state index in [9.17, 15) is 8.76 Å². The molecule has 0 aliphatic heterocycles. The zero-order valence-corrected chi connectivity index (χ0v) is 6.83. The van der Waals surface area contributed by atoms with Crippen molar-refractivity contribution in [2.24, 2.45) is 0 Å². The Morgan fingerprint density at radius 1 is 1.80 bits per heavy atom. The highest BCUT2D eigenvalue weighted by Gasteiger charge is 1.95. The third-order valence-corrected chi connectivity index (χ3v) is 2.20. The molecule has 0 bridgehead atoms. The summed E-state index contributed by atoms with van der Waals surface area (Å²) in [4.78, 5) is 0. The van der Waals surface area contributed by atoms with Crippen LogP contribution < -0.4 is 4.18 Å². The van der Waals surface area contributed by atoms with Gasteiger partial charge in [0, 0.05) is 0 Å². The molecule has 0 aromatic carbocycles. The Kier molecular flexibility index (Phi) is 2.42. The first kappa shape index (κ1) is 7.71. The number of hydrogen-bond acceptors (Lipinski definition) is 4. The number of thiophene rings is 1. The van der Waals surface area contributed by atoms with Crippen molar-refractivity contribution in [1.82, 2.24) is 0 Å². The van der Waals surface area contributed by atoms with Crippen LogP contribution in [0.25, 0.3) is 0 Å². The smallest absolute Gasteiger partial charge is 0.192 e. The van der Waals surface area contributed by atoms with Gasteiger partial charge in [-0.25, -0.2) is 4.21 Å². The first-order valence-corrected chi connectivity index (χ1v) is 4.39. The molecule has 5 heteroatoms. The lowest BCUT2D eigenvalue weighted by atomic mass is 10.4. The third-order valence-electron chi connectivity index (χ3n) is 0.857. The molecule has 0 saturated heterocycles. The van der Waals surface area contributed by atoms with E-state index in [0.717, 1.165) is 5.56 Å². The molecule has 1 unspecified atom stereocenters. The minimum atomic E-state index is -2.44. The van der Waals surface area contributed by atoms with E-state index in [0.29, 0.717) is 5.06 Å². The van der Waals surface area contributed by atoms with E-state index in [-0.39, 0.29) is 0 Å². The normalized spacial score (nSPS) is 13.0. The zero-order chi connectivity index (χ0) is 7.56. The van der Waals surface area contributed by atoms with Crippen LogP contribution in [0.2, 0.25) is 0 Å². The average Bonchev–Trinajstić information content (AvgIpc) is 2.13. The maximum absolute atomic E-state index is 9.96. The summed E-state index contributed by atoms with van der Waals surface area (Å²) in [7, 11) is 0. The Hall–Kier alpha value is -0.390. The van der Waals surface area contributed by atoms with E-state index in [4.69, 9.17) is 0 Å². The predicted octanol–water partition coefficient (Wildman–Crippen LogP) is 1.23. The molecule has 1 heterocycles. The second-order valence-corrected chi connectivity index (χ2v) is 3.18. The molecule has 0 saturated carbocycles. The van der Waals surface area contributed by atoms with Gasteiger partial charge in [-0.3, -0.25) is 0 Å². The van der Waals surface area contributed by atoms with Crippen LogP contribution in [-0.4, -0.2) is 8.76 Å². The van der Waals surface area contributed by atoms with Gasteiger partial charge in [0.1, 0.15) is 11.4 Å². The summed E-state index contributed by atoms with van der Waals surface area (Å²) in [6.45, 7) is 1.87. The highest BCUT2D eigenvalue weighted by Crippen LogP contribution is 2.22. The van der Waals surface area contributed by atoms with Crippen molar-refractivity contribution in [2.75, 3.05) is 0 Å². The van der Waals surface area contributed by atoms with Gasteiger partial charge < -0.3 is 8.74 Å². The molecular formula is C5H5O3S2-. The molecule has 56 valence electrons. The Balaban J connectivity index is 2.67. The molecule has 3 nitrogen and oxygen atoms in total. The fraction of sp³-hybridized carbons (Fsp3) is 0.200. The summed E-state index contributed by atoms with van der Waals surface area (Å²) in [6, 6.07) is 1.67. The quantitative estimate of drug-likeness (QED) is 0.638. The van der Waals surface area contributed by atoms with Gasteiger partial charge in [-0.15, -0.1) is 11.3 Å². The van der Waals surface area contributed by atoms with E-state index in [1.165, 1.54) is 11.3 Å². The molecule has 1 aromatic rings. The molecule has 0 N–H and O–H groups in total. The monoisotopic (exact) mass is 177 g/mol. The summed E-state index contributed by atoms with van der Waals surface area (Å²) < 4.78 is 24.3. The summed E-state index contributed by atoms with van der Waals surface area (Å²) in [5, 5.41) is 2.23. The SMILES string of the molecule is Cc1csc(OS(=O)[O-])c1. The zero-order valence-electron chi connectivity index (χ0n) is 5.20. The Morgan fingerprint density at radius 2 is 2.50 bits per heavy atom. The second-order valence-electron chi connectivity index (χ2n) is 1.73. The van der Waals surface area contributed by atoms with Gasteiger partial charge in [-0.2, -0.15) is 0 Å². The van der Waals surface area contributed by atoms with Crippen molar-refractivity contribution in [3.05, 3.63) is 17.0 Å². The summed E-state index contributed by atoms with van der Waals surface area (Å²) in [5.74, 6) is 0. The highest BCUT2D eigenvalue weighted by atomic mass is 32.2. The molecule has 0 amide bonds. The molecule has 0 fully saturated rings. The molecule has 0 aliphatic rings. The van der Waals surface area contributed by atoms with Crippen LogP contribution in [0.15, 0.2) is 11.4 Å². The standard InChI is InChI=1S/C5H6O3S2/c1-4-2-5(9-3-4)8-10(6)7/h2-3H,1H3,(H,6,7)/p-1. The number of rotatable bonds is 2. The van der Waals surface area contributed by atoms with Crippen LogP contribution in [0.3, 0.4) is 0 Å². The Bertz CT molecular complexity index is 243. The van der Waals surface area contributed by atoms with Crippen LogP contribution in [0.1, 0.15) is 5.56 Å². The summed E-state index contributed by atoms with van der Waals surface area (Å²) in [6.07, 6.45) is 0. The first-order valence-electron chi connectivity index (χ1n) is 2.51. The molecular weight excluding hydrogens is 172 g/mol. The second kappa shape index (κ2) is 3.14. The van der Waals surface area contributed by atoms with E-state index in [1.54, 1.807) is 6.07 Å². The topological polar surface area (TPSA) is 49.4 Å². The van der Waals surface area contributed by atoms with Crippen molar-refractivity contribution in [2.45, 2.75) is 6.92 Å². The van der Waals surface area contributed by atoms with Crippen LogP contribution >= 0.6 is 11.3 Å². The lowest BCUT2D eigenvalue weighted by Gasteiger charge is -2.02. The van der Waals surface area contributed by atoms with Crippen LogP contribution in [0.5, 0.6) is 5.06 Å². The van der Waals surface area contributed by atoms with Gasteiger partial charge in [0.15, 0.2) is 5.06 Å². The van der Waals surface area contributed by atoms with Gasteiger partial charge >= 0.3 is 0 Å². The minimum Gasteiger partial charge on any atom is -0.740 e. The van der Waals surface area contributed by atoms with Crippen LogP contribution in [0, 0.1) is 6.92 Å². The van der Waals surface area contributed by atoms with E-state index < -0.39 is 11.4 Å². The largest absolute Gasteiger partial charge is 0.740 e. The maximum Gasteiger partial charge on any atom is 0.192 e. The molecule has 1 rings (SSSR count). The van der Waals surface area contributed by atoms with Gasteiger partial charge in [0.25, 0.3) is 0 Å². The van der Waals surface area contributed by atoms with Crippen molar-refractivity contribution in [3.63, 3.8) is 0 Å². The molecule has 0 spiro atoms. The predicted molar refractivity (Wildman–Crippen MR) is 38.6 cm³/mol. The molecule has 0 aliphatic carbocycles. The third kappa shape index (κ3) is 2.09. The summed E-state index contributed by atoms with van der Waals surface area (Å²) in [5.41, 5.74) is 1.01. The lowest BCUT2D eigenvalue weighted by Crippen LogP contribution is -1.95. The lowest BCUT2D eigenvalue weighted by molar-refractivity contribution is 0.445. The minimum absolute atomic E-state index is 0.408. The van der Waals surface area contributed by atoms with Gasteiger partial charge in [-0.05, 0) is 23.9 Å². The summed E-state index contributed by atoms with van der Waals surface area (Å²) >= 11 is -1.18. The number of hydrogen-bond donors (Lipinski definition) is 0. The van der Waals surface area contributed by atoms with Crippen LogP contribution in [-0.2, 0) is 11.4 Å².